The number of amides is 2. The van der Waals surface area contributed by atoms with Gasteiger partial charge in [0, 0.05) is 32.0 Å². The van der Waals surface area contributed by atoms with Gasteiger partial charge in [-0.25, -0.2) is 4.79 Å². The fourth-order valence-electron chi connectivity index (χ4n) is 2.15. The van der Waals surface area contributed by atoms with Crippen LogP contribution in [-0.2, 0) is 0 Å². The molecule has 1 atom stereocenters. The Bertz CT molecular complexity index is 390. The van der Waals surface area contributed by atoms with Crippen molar-refractivity contribution in [1.82, 2.24) is 20.5 Å². The molecule has 2 saturated heterocycles. The normalized spacial score (nSPS) is 25.4. The van der Waals surface area contributed by atoms with Crippen molar-refractivity contribution < 1.29 is 4.79 Å². The zero-order chi connectivity index (χ0) is 11.0. The molecule has 0 spiro atoms. The molecule has 3 rings (SSSR count). The molecule has 0 aromatic carbocycles. The van der Waals surface area contributed by atoms with Gasteiger partial charge in [0.25, 0.3) is 0 Å². The van der Waals surface area contributed by atoms with Crippen LogP contribution in [0.15, 0.2) is 24.5 Å². The van der Waals surface area contributed by atoms with Gasteiger partial charge in [0.15, 0.2) is 0 Å². The second-order valence-electron chi connectivity index (χ2n) is 4.25. The first-order valence-electron chi connectivity index (χ1n) is 5.52. The van der Waals surface area contributed by atoms with Gasteiger partial charge in [-0.05, 0) is 17.7 Å². The minimum atomic E-state index is 0.0494. The number of nitrogens with zero attached hydrogens (tertiary/aromatic N) is 2. The van der Waals surface area contributed by atoms with Crippen molar-refractivity contribution in [1.29, 1.82) is 0 Å². The number of urea groups is 1. The molecule has 2 N–H and O–H groups in total. The summed E-state index contributed by atoms with van der Waals surface area (Å²) in [4.78, 5) is 17.7. The van der Waals surface area contributed by atoms with Crippen molar-refractivity contribution in [2.75, 3.05) is 19.6 Å². The monoisotopic (exact) mass is 218 g/mol. The first kappa shape index (κ1) is 9.59. The summed E-state index contributed by atoms with van der Waals surface area (Å²) in [6.07, 6.45) is 3.52. The largest absolute Gasteiger partial charge is 0.329 e. The molecular weight excluding hydrogens is 204 g/mol. The standard InChI is InChI=1S/C11H14N4O/c16-11-14-10(8-1-3-12-4-2-8)7-15(11)9-5-13-6-9/h1-4,9-10,13H,5-7H2,(H,14,16). The van der Waals surface area contributed by atoms with Gasteiger partial charge in [-0.1, -0.05) is 0 Å². The Morgan fingerprint density at radius 1 is 1.31 bits per heavy atom. The van der Waals surface area contributed by atoms with Crippen LogP contribution in [-0.4, -0.2) is 41.6 Å². The molecule has 0 aliphatic carbocycles. The van der Waals surface area contributed by atoms with Gasteiger partial charge < -0.3 is 15.5 Å². The highest BCUT2D eigenvalue weighted by Gasteiger charge is 2.36. The highest BCUT2D eigenvalue weighted by Crippen LogP contribution is 2.22. The molecule has 3 heterocycles. The number of pyridine rings is 1. The van der Waals surface area contributed by atoms with E-state index >= 15 is 0 Å². The fraction of sp³-hybridized carbons (Fsp3) is 0.455. The van der Waals surface area contributed by atoms with E-state index in [-0.39, 0.29) is 12.1 Å². The smallest absolute Gasteiger partial charge is 0.318 e. The lowest BCUT2D eigenvalue weighted by molar-refractivity contribution is 0.172. The maximum atomic E-state index is 11.8. The predicted octanol–water partition coefficient (Wildman–Crippen LogP) is 0.120. The van der Waals surface area contributed by atoms with E-state index in [0.717, 1.165) is 25.2 Å². The summed E-state index contributed by atoms with van der Waals surface area (Å²) in [5.41, 5.74) is 1.12. The summed E-state index contributed by atoms with van der Waals surface area (Å²) in [5, 5.41) is 6.18. The molecular formula is C11H14N4O. The number of carbonyl (C=O) groups excluding carboxylic acids is 1. The number of hydrogen-bond donors (Lipinski definition) is 2. The van der Waals surface area contributed by atoms with Crippen LogP contribution in [0.1, 0.15) is 11.6 Å². The number of rotatable bonds is 2. The Hall–Kier alpha value is -1.62. The molecule has 1 unspecified atom stereocenters. The summed E-state index contributed by atoms with van der Waals surface area (Å²) in [5.74, 6) is 0. The van der Waals surface area contributed by atoms with Crippen molar-refractivity contribution in [2.45, 2.75) is 12.1 Å². The Morgan fingerprint density at radius 2 is 2.06 bits per heavy atom. The minimum absolute atomic E-state index is 0.0494. The van der Waals surface area contributed by atoms with Crippen LogP contribution >= 0.6 is 0 Å². The van der Waals surface area contributed by atoms with E-state index in [9.17, 15) is 4.79 Å². The van der Waals surface area contributed by atoms with Crippen LogP contribution in [0.5, 0.6) is 0 Å². The van der Waals surface area contributed by atoms with Crippen molar-refractivity contribution in [3.63, 3.8) is 0 Å². The van der Waals surface area contributed by atoms with Crippen molar-refractivity contribution in [3.8, 4) is 0 Å². The summed E-state index contributed by atoms with van der Waals surface area (Å²) in [6, 6.07) is 4.43. The SMILES string of the molecule is O=C1NC(c2ccncc2)CN1C1CNC1. The quantitative estimate of drug-likeness (QED) is 0.741. The van der Waals surface area contributed by atoms with Gasteiger partial charge >= 0.3 is 6.03 Å². The van der Waals surface area contributed by atoms with Crippen LogP contribution in [0.25, 0.3) is 0 Å². The van der Waals surface area contributed by atoms with E-state index in [1.807, 2.05) is 17.0 Å². The van der Waals surface area contributed by atoms with E-state index in [2.05, 4.69) is 15.6 Å². The zero-order valence-corrected chi connectivity index (χ0v) is 8.89. The molecule has 0 saturated carbocycles. The molecule has 5 nitrogen and oxygen atoms in total. The molecule has 2 aliphatic rings. The molecule has 84 valence electrons. The Balaban J connectivity index is 1.74. The Kier molecular flexibility index (Phi) is 2.25. The number of hydrogen-bond acceptors (Lipinski definition) is 3. The predicted molar refractivity (Wildman–Crippen MR) is 58.9 cm³/mol. The van der Waals surface area contributed by atoms with E-state index < -0.39 is 0 Å². The second kappa shape index (κ2) is 3.75. The molecule has 0 bridgehead atoms. The molecule has 1 aromatic heterocycles. The molecule has 16 heavy (non-hydrogen) atoms. The maximum absolute atomic E-state index is 11.8. The summed E-state index contributed by atoms with van der Waals surface area (Å²) < 4.78 is 0. The van der Waals surface area contributed by atoms with Crippen molar-refractivity contribution >= 4 is 6.03 Å². The lowest BCUT2D eigenvalue weighted by Crippen LogP contribution is -2.57. The average Bonchev–Trinajstić information content (AvgIpc) is 2.60. The van der Waals surface area contributed by atoms with E-state index in [4.69, 9.17) is 0 Å². The second-order valence-corrected chi connectivity index (χ2v) is 4.25. The number of aromatic nitrogens is 1. The molecule has 5 heteroatoms. The highest BCUT2D eigenvalue weighted by molar-refractivity contribution is 5.77. The lowest BCUT2D eigenvalue weighted by atomic mass is 10.1. The highest BCUT2D eigenvalue weighted by atomic mass is 16.2. The van der Waals surface area contributed by atoms with Gasteiger partial charge in [-0.15, -0.1) is 0 Å². The maximum Gasteiger partial charge on any atom is 0.318 e. The third kappa shape index (κ3) is 1.53. The minimum Gasteiger partial charge on any atom is -0.329 e. The van der Waals surface area contributed by atoms with Gasteiger partial charge in [-0.3, -0.25) is 4.98 Å². The molecule has 2 aliphatic heterocycles. The van der Waals surface area contributed by atoms with Crippen LogP contribution < -0.4 is 10.6 Å². The summed E-state index contributed by atoms with van der Waals surface area (Å²) >= 11 is 0. The fourth-order valence-corrected chi connectivity index (χ4v) is 2.15. The third-order valence-corrected chi connectivity index (χ3v) is 3.25. The third-order valence-electron chi connectivity index (χ3n) is 3.25. The van der Waals surface area contributed by atoms with E-state index in [1.54, 1.807) is 12.4 Å². The van der Waals surface area contributed by atoms with E-state index in [1.165, 1.54) is 0 Å². The van der Waals surface area contributed by atoms with Gasteiger partial charge in [-0.2, -0.15) is 0 Å². The molecule has 2 fully saturated rings. The number of nitrogens with one attached hydrogen (secondary N) is 2. The Labute approximate surface area is 93.9 Å². The van der Waals surface area contributed by atoms with E-state index in [0.29, 0.717) is 6.04 Å². The first-order valence-corrected chi connectivity index (χ1v) is 5.52. The molecule has 1 aromatic rings. The van der Waals surface area contributed by atoms with Crippen LogP contribution in [0.2, 0.25) is 0 Å². The zero-order valence-electron chi connectivity index (χ0n) is 8.89. The van der Waals surface area contributed by atoms with Crippen LogP contribution in [0.3, 0.4) is 0 Å². The van der Waals surface area contributed by atoms with Crippen LogP contribution in [0.4, 0.5) is 4.79 Å². The molecule has 2 amide bonds. The lowest BCUT2D eigenvalue weighted by Gasteiger charge is -2.34. The summed E-state index contributed by atoms with van der Waals surface area (Å²) in [7, 11) is 0. The Morgan fingerprint density at radius 3 is 2.69 bits per heavy atom. The summed E-state index contributed by atoms with van der Waals surface area (Å²) in [6.45, 7) is 2.59. The van der Waals surface area contributed by atoms with Gasteiger partial charge in [0.05, 0.1) is 12.1 Å². The van der Waals surface area contributed by atoms with Gasteiger partial charge in [0.2, 0.25) is 0 Å². The topological polar surface area (TPSA) is 57.3 Å². The van der Waals surface area contributed by atoms with Crippen LogP contribution in [0, 0.1) is 0 Å². The van der Waals surface area contributed by atoms with Crippen molar-refractivity contribution in [3.05, 3.63) is 30.1 Å². The van der Waals surface area contributed by atoms with Gasteiger partial charge in [0.1, 0.15) is 0 Å². The molecule has 0 radical (unpaired) electrons. The first-order chi connectivity index (χ1) is 7.84. The average molecular weight is 218 g/mol. The number of carbonyl (C=O) groups is 1. The van der Waals surface area contributed by atoms with Crippen molar-refractivity contribution in [2.24, 2.45) is 0 Å².